The van der Waals surface area contributed by atoms with Gasteiger partial charge in [0.2, 0.25) is 4.93 Å². The molecule has 0 aromatic carbocycles. The van der Waals surface area contributed by atoms with Gasteiger partial charge in [0, 0.05) is 22.4 Å². The van der Waals surface area contributed by atoms with E-state index in [4.69, 9.17) is 10.2 Å². The molecule has 1 atom stereocenters. The van der Waals surface area contributed by atoms with Crippen molar-refractivity contribution < 1.29 is 47.3 Å². The Labute approximate surface area is 184 Å². The Kier molecular flexibility index (Phi) is 20.9. The molecule has 0 aliphatic heterocycles. The van der Waals surface area contributed by atoms with Gasteiger partial charge >= 0.3 is 11.9 Å². The van der Waals surface area contributed by atoms with Crippen molar-refractivity contribution in [2.24, 2.45) is 0 Å². The van der Waals surface area contributed by atoms with Gasteiger partial charge in [-0.3, -0.25) is 4.79 Å². The maximum atomic E-state index is 11.0. The van der Waals surface area contributed by atoms with E-state index in [0.717, 1.165) is 31.0 Å². The van der Waals surface area contributed by atoms with Crippen LogP contribution in [0.15, 0.2) is 0 Å². The Balaban J connectivity index is 0. The summed E-state index contributed by atoms with van der Waals surface area (Å²) < 4.78 is 0. The second kappa shape index (κ2) is 19.3. The zero-order valence-electron chi connectivity index (χ0n) is 16.7. The molecule has 0 heterocycles. The smallest absolute Gasteiger partial charge is 0.347 e. The van der Waals surface area contributed by atoms with Crippen LogP contribution in [0.2, 0.25) is 0 Å². The van der Waals surface area contributed by atoms with E-state index >= 15 is 0 Å². The van der Waals surface area contributed by atoms with E-state index in [9.17, 15) is 14.7 Å². The number of carboxylic acids is 2. The molecule has 0 bridgehead atoms. The summed E-state index contributed by atoms with van der Waals surface area (Å²) in [6.07, 6.45) is 16.7. The van der Waals surface area contributed by atoms with Gasteiger partial charge in [0.25, 0.3) is 0 Å². The fraction of sp³-hybridized carbons (Fsp3) is 0.900. The molecule has 0 saturated heterocycles. The van der Waals surface area contributed by atoms with Crippen molar-refractivity contribution in [3.63, 3.8) is 0 Å². The van der Waals surface area contributed by atoms with Crippen LogP contribution in [0.3, 0.4) is 0 Å². The summed E-state index contributed by atoms with van der Waals surface area (Å²) in [5.41, 5.74) is 0. The molecule has 27 heavy (non-hydrogen) atoms. The van der Waals surface area contributed by atoms with Gasteiger partial charge in [-0.2, -0.15) is 0 Å². The molecule has 0 aliphatic rings. The molecular formula is C20H38AuO5S. The fourth-order valence-corrected chi connectivity index (χ4v) is 3.97. The van der Waals surface area contributed by atoms with Crippen LogP contribution in [0, 0.1) is 0 Å². The largest absolute Gasteiger partial charge is 0.481 e. The van der Waals surface area contributed by atoms with Crippen LogP contribution in [0.5, 0.6) is 0 Å². The van der Waals surface area contributed by atoms with Crippen molar-refractivity contribution in [3.05, 3.63) is 0 Å². The van der Waals surface area contributed by atoms with Gasteiger partial charge in [0.15, 0.2) is 0 Å². The first-order chi connectivity index (χ1) is 12.4. The molecule has 0 aromatic rings. The Morgan fingerprint density at radius 2 is 1.11 bits per heavy atom. The van der Waals surface area contributed by atoms with Gasteiger partial charge in [0.1, 0.15) is 0 Å². The van der Waals surface area contributed by atoms with E-state index in [1.54, 1.807) is 0 Å². The van der Waals surface area contributed by atoms with Crippen molar-refractivity contribution in [1.82, 2.24) is 0 Å². The van der Waals surface area contributed by atoms with Crippen LogP contribution in [0.25, 0.3) is 0 Å². The van der Waals surface area contributed by atoms with Crippen molar-refractivity contribution in [2.75, 3.05) is 5.75 Å². The number of carboxylic acid groups (broad SMARTS) is 2. The monoisotopic (exact) mass is 587 g/mol. The Morgan fingerprint density at radius 3 is 1.44 bits per heavy atom. The number of hydrogen-bond donors (Lipinski definition) is 3. The summed E-state index contributed by atoms with van der Waals surface area (Å²) in [5, 5.41) is 27.5. The molecule has 7 heteroatoms. The molecule has 0 aliphatic carbocycles. The topological polar surface area (TPSA) is 94.8 Å². The zero-order valence-corrected chi connectivity index (χ0v) is 19.7. The molecule has 5 nitrogen and oxygen atoms in total. The number of carbonyl (C=O) groups is 2. The number of rotatable bonds is 19. The molecule has 0 fully saturated rings. The van der Waals surface area contributed by atoms with E-state index in [0.29, 0.717) is 5.75 Å². The Bertz CT molecular complexity index is 381. The van der Waals surface area contributed by atoms with Crippen molar-refractivity contribution >= 4 is 23.7 Å². The maximum Gasteiger partial charge on any atom is 0.347 e. The first-order valence-corrected chi connectivity index (χ1v) is 11.2. The molecule has 0 spiro atoms. The summed E-state index contributed by atoms with van der Waals surface area (Å²) in [7, 11) is 0. The standard InChI is InChI=1S/C20H38O5S.Au/c1-2-3-4-5-6-7-8-9-10-11-12-13-14-15-16-26-20(25,19(23)24)17-18(21)22;/h25H,2-17H2,1H3,(H,21,22)(H,23,24);. The number of hydrogen-bond acceptors (Lipinski definition) is 4. The summed E-state index contributed by atoms with van der Waals surface area (Å²) in [4.78, 5) is 19.4. The second-order valence-electron chi connectivity index (χ2n) is 7.10. The first kappa shape index (κ1) is 29.2. The van der Waals surface area contributed by atoms with Crippen LogP contribution >= 0.6 is 11.8 Å². The van der Waals surface area contributed by atoms with Crippen molar-refractivity contribution in [1.29, 1.82) is 0 Å². The quantitative estimate of drug-likeness (QED) is 0.106. The molecule has 0 aromatic heterocycles. The predicted octanol–water partition coefficient (Wildman–Crippen LogP) is 5.45. The molecule has 0 rings (SSSR count). The molecule has 165 valence electrons. The average molecular weight is 588 g/mol. The third-order valence-corrected chi connectivity index (χ3v) is 5.85. The molecule has 3 N–H and O–H groups in total. The summed E-state index contributed by atoms with van der Waals surface area (Å²) in [5.74, 6) is -2.31. The maximum absolute atomic E-state index is 11.0. The van der Waals surface area contributed by atoms with E-state index in [-0.39, 0.29) is 22.4 Å². The van der Waals surface area contributed by atoms with Crippen LogP contribution < -0.4 is 0 Å². The van der Waals surface area contributed by atoms with Crippen LogP contribution in [0.4, 0.5) is 0 Å². The van der Waals surface area contributed by atoms with Crippen LogP contribution in [-0.4, -0.2) is 37.9 Å². The Hall–Kier alpha value is -0.00974. The molecule has 1 radical (unpaired) electrons. The molecule has 0 saturated carbocycles. The first-order valence-electron chi connectivity index (χ1n) is 10.2. The van der Waals surface area contributed by atoms with E-state index < -0.39 is 23.3 Å². The van der Waals surface area contributed by atoms with E-state index in [1.807, 2.05) is 0 Å². The van der Waals surface area contributed by atoms with Gasteiger partial charge in [0.05, 0.1) is 6.42 Å². The fourth-order valence-electron chi connectivity index (χ4n) is 2.93. The van der Waals surface area contributed by atoms with Gasteiger partial charge in [-0.25, -0.2) is 4.79 Å². The third-order valence-electron chi connectivity index (χ3n) is 4.56. The molecular weight excluding hydrogens is 549 g/mol. The van der Waals surface area contributed by atoms with E-state index in [1.165, 1.54) is 70.6 Å². The number of thioether (sulfide) groups is 1. The number of aliphatic hydroxyl groups is 1. The number of unbranched alkanes of at least 4 members (excludes halogenated alkanes) is 13. The second-order valence-corrected chi connectivity index (χ2v) is 8.48. The summed E-state index contributed by atoms with van der Waals surface area (Å²) in [6, 6.07) is 0. The minimum atomic E-state index is -2.21. The SMILES string of the molecule is CCCCCCCCCCCCCCCCSC(O)(CC(=O)O)C(=O)O.[Au]. The zero-order chi connectivity index (χ0) is 19.7. The molecule has 0 amide bonds. The Morgan fingerprint density at radius 1 is 0.741 bits per heavy atom. The van der Waals surface area contributed by atoms with Crippen molar-refractivity contribution in [3.8, 4) is 0 Å². The van der Waals surface area contributed by atoms with Crippen LogP contribution in [-0.2, 0) is 32.0 Å². The average Bonchev–Trinajstić information content (AvgIpc) is 2.57. The van der Waals surface area contributed by atoms with Crippen molar-refractivity contribution in [2.45, 2.75) is 108 Å². The summed E-state index contributed by atoms with van der Waals surface area (Å²) in [6.45, 7) is 2.24. The predicted molar refractivity (Wildman–Crippen MR) is 108 cm³/mol. The van der Waals surface area contributed by atoms with Gasteiger partial charge < -0.3 is 15.3 Å². The van der Waals surface area contributed by atoms with Crippen LogP contribution in [0.1, 0.15) is 103 Å². The van der Waals surface area contributed by atoms with Gasteiger partial charge in [-0.1, -0.05) is 90.4 Å². The normalized spacial score (nSPS) is 13.0. The summed E-state index contributed by atoms with van der Waals surface area (Å²) >= 11 is 0.820. The minimum absolute atomic E-state index is 0. The van der Waals surface area contributed by atoms with Gasteiger partial charge in [-0.15, -0.1) is 11.8 Å². The molecule has 1 unspecified atom stereocenters. The van der Waals surface area contributed by atoms with Gasteiger partial charge in [-0.05, 0) is 12.2 Å². The van der Waals surface area contributed by atoms with E-state index in [2.05, 4.69) is 6.92 Å². The third kappa shape index (κ3) is 17.8. The minimum Gasteiger partial charge on any atom is -0.481 e. The number of aliphatic carboxylic acids is 2.